The zero-order valence-electron chi connectivity index (χ0n) is 24.4. The molecule has 0 aliphatic heterocycles. The van der Waals surface area contributed by atoms with Gasteiger partial charge in [-0.05, 0) is 12.8 Å². The fourth-order valence-corrected chi connectivity index (χ4v) is 5.02. The molecule has 1 atom stereocenters. The molecule has 0 rings (SSSR count). The lowest BCUT2D eigenvalue weighted by molar-refractivity contribution is -0.142. The number of rotatable bonds is 29. The Morgan fingerprint density at radius 2 is 0.806 bits per heavy atom. The molecule has 2 N–H and O–H groups in total. The maximum atomic E-state index is 12.2. The summed E-state index contributed by atoms with van der Waals surface area (Å²) in [6, 6.07) is -0.720. The fourth-order valence-electron chi connectivity index (χ4n) is 5.02. The highest BCUT2D eigenvalue weighted by atomic mass is 16.4. The van der Waals surface area contributed by atoms with Gasteiger partial charge in [-0.25, -0.2) is 4.79 Å². The van der Waals surface area contributed by atoms with E-state index in [1.165, 1.54) is 135 Å². The third-order valence-electron chi connectivity index (χ3n) is 7.49. The van der Waals surface area contributed by atoms with Gasteiger partial charge in [-0.3, -0.25) is 4.79 Å². The number of hydrogen-bond donors (Lipinski definition) is 2. The number of carbonyl (C=O) groups excluding carboxylic acids is 1. The molecule has 4 heteroatoms. The van der Waals surface area contributed by atoms with Crippen molar-refractivity contribution in [3.63, 3.8) is 0 Å². The first-order valence-corrected chi connectivity index (χ1v) is 16.1. The van der Waals surface area contributed by atoms with E-state index in [4.69, 9.17) is 0 Å². The molecule has 0 radical (unpaired) electrons. The van der Waals surface area contributed by atoms with Crippen LogP contribution in [0.5, 0.6) is 0 Å². The molecule has 0 saturated carbocycles. The van der Waals surface area contributed by atoms with Crippen LogP contribution in [-0.4, -0.2) is 23.0 Å². The quantitative estimate of drug-likeness (QED) is 0.0985. The van der Waals surface area contributed by atoms with Gasteiger partial charge in [-0.1, -0.05) is 168 Å². The Labute approximate surface area is 225 Å². The standard InChI is InChI=1S/C32H63NO3/c1-3-5-7-9-11-13-15-17-19-21-23-25-27-29-31(34)33-30(32(35)36)28-26-24-22-20-18-16-14-12-10-8-6-4-2/h30H,3-29H2,1-2H3,(H,33,34)(H,35,36). The van der Waals surface area contributed by atoms with E-state index in [9.17, 15) is 14.7 Å². The van der Waals surface area contributed by atoms with Gasteiger partial charge in [0.25, 0.3) is 0 Å². The maximum absolute atomic E-state index is 12.2. The van der Waals surface area contributed by atoms with Crippen LogP contribution in [0.3, 0.4) is 0 Å². The predicted molar refractivity (Wildman–Crippen MR) is 156 cm³/mol. The van der Waals surface area contributed by atoms with Crippen LogP contribution in [0, 0.1) is 0 Å². The predicted octanol–water partition coefficient (Wildman–Crippen LogP) is 10.1. The molecule has 0 saturated heterocycles. The topological polar surface area (TPSA) is 66.4 Å². The SMILES string of the molecule is CCCCCCCCCCCCCCCC(=O)NC(CCCCCCCCCCCCCC)C(=O)O. The fraction of sp³-hybridized carbons (Fsp3) is 0.938. The number of nitrogens with one attached hydrogen (secondary N) is 1. The number of carbonyl (C=O) groups is 2. The van der Waals surface area contributed by atoms with Crippen molar-refractivity contribution < 1.29 is 14.7 Å². The lowest BCUT2D eigenvalue weighted by atomic mass is 10.0. The first-order chi connectivity index (χ1) is 17.6. The summed E-state index contributed by atoms with van der Waals surface area (Å²) in [5, 5.41) is 12.2. The van der Waals surface area contributed by atoms with E-state index in [0.29, 0.717) is 12.8 Å². The Balaban J connectivity index is 3.56. The van der Waals surface area contributed by atoms with Crippen molar-refractivity contribution in [3.8, 4) is 0 Å². The Morgan fingerprint density at radius 3 is 1.14 bits per heavy atom. The molecule has 214 valence electrons. The lowest BCUT2D eigenvalue weighted by Gasteiger charge is -2.14. The summed E-state index contributed by atoms with van der Waals surface area (Å²) >= 11 is 0. The summed E-state index contributed by atoms with van der Waals surface area (Å²) in [5.41, 5.74) is 0. The van der Waals surface area contributed by atoms with E-state index < -0.39 is 12.0 Å². The maximum Gasteiger partial charge on any atom is 0.326 e. The average Bonchev–Trinajstić information content (AvgIpc) is 2.86. The highest BCUT2D eigenvalue weighted by Crippen LogP contribution is 2.15. The van der Waals surface area contributed by atoms with Gasteiger partial charge in [0.05, 0.1) is 0 Å². The molecule has 0 bridgehead atoms. The molecule has 0 heterocycles. The van der Waals surface area contributed by atoms with Crippen LogP contribution in [0.2, 0.25) is 0 Å². The van der Waals surface area contributed by atoms with Gasteiger partial charge >= 0.3 is 5.97 Å². The van der Waals surface area contributed by atoms with E-state index in [1.807, 2.05) is 0 Å². The molecule has 1 amide bonds. The molecular formula is C32H63NO3. The highest BCUT2D eigenvalue weighted by molar-refractivity contribution is 5.83. The van der Waals surface area contributed by atoms with Crippen molar-refractivity contribution in [1.82, 2.24) is 5.32 Å². The molecule has 36 heavy (non-hydrogen) atoms. The lowest BCUT2D eigenvalue weighted by Crippen LogP contribution is -2.40. The summed E-state index contributed by atoms with van der Waals surface area (Å²) in [5.74, 6) is -0.985. The van der Waals surface area contributed by atoms with Gasteiger partial charge in [0.1, 0.15) is 6.04 Å². The highest BCUT2D eigenvalue weighted by Gasteiger charge is 2.18. The summed E-state index contributed by atoms with van der Waals surface area (Å²) in [6.45, 7) is 4.52. The normalized spacial score (nSPS) is 12.1. The van der Waals surface area contributed by atoms with Crippen LogP contribution in [0.4, 0.5) is 0 Å². The second kappa shape index (κ2) is 28.5. The van der Waals surface area contributed by atoms with Crippen LogP contribution < -0.4 is 5.32 Å². The third-order valence-corrected chi connectivity index (χ3v) is 7.49. The smallest absolute Gasteiger partial charge is 0.326 e. The molecule has 0 aromatic rings. The van der Waals surface area contributed by atoms with Gasteiger partial charge in [0, 0.05) is 6.42 Å². The zero-order valence-corrected chi connectivity index (χ0v) is 24.4. The Bertz CT molecular complexity index is 480. The molecule has 0 aliphatic carbocycles. The van der Waals surface area contributed by atoms with Gasteiger partial charge in [-0.15, -0.1) is 0 Å². The van der Waals surface area contributed by atoms with Crippen LogP contribution >= 0.6 is 0 Å². The number of aliphatic carboxylic acids is 1. The van der Waals surface area contributed by atoms with Crippen LogP contribution in [-0.2, 0) is 9.59 Å². The van der Waals surface area contributed by atoms with Crippen molar-refractivity contribution in [2.75, 3.05) is 0 Å². The first kappa shape index (κ1) is 34.9. The molecule has 0 fully saturated rings. The average molecular weight is 510 g/mol. The van der Waals surface area contributed by atoms with E-state index in [0.717, 1.165) is 25.7 Å². The first-order valence-electron chi connectivity index (χ1n) is 16.1. The van der Waals surface area contributed by atoms with E-state index in [1.54, 1.807) is 0 Å². The van der Waals surface area contributed by atoms with E-state index in [-0.39, 0.29) is 5.91 Å². The largest absolute Gasteiger partial charge is 0.480 e. The summed E-state index contributed by atoms with van der Waals surface area (Å²) in [4.78, 5) is 23.7. The number of carboxylic acid groups (broad SMARTS) is 1. The minimum atomic E-state index is -0.892. The van der Waals surface area contributed by atoms with Crippen molar-refractivity contribution in [2.45, 2.75) is 193 Å². The Kier molecular flexibility index (Phi) is 27.7. The van der Waals surface area contributed by atoms with Crippen LogP contribution in [0.1, 0.15) is 187 Å². The van der Waals surface area contributed by atoms with Gasteiger partial charge in [0.15, 0.2) is 0 Å². The second-order valence-electron chi connectivity index (χ2n) is 11.1. The summed E-state index contributed by atoms with van der Waals surface area (Å²) < 4.78 is 0. The molecule has 0 aromatic heterocycles. The van der Waals surface area contributed by atoms with Gasteiger partial charge in [0.2, 0.25) is 5.91 Å². The van der Waals surface area contributed by atoms with Crippen molar-refractivity contribution in [1.29, 1.82) is 0 Å². The van der Waals surface area contributed by atoms with Crippen LogP contribution in [0.15, 0.2) is 0 Å². The number of hydrogen-bond acceptors (Lipinski definition) is 2. The Hall–Kier alpha value is -1.06. The van der Waals surface area contributed by atoms with Crippen molar-refractivity contribution in [3.05, 3.63) is 0 Å². The summed E-state index contributed by atoms with van der Waals surface area (Å²) in [6.07, 6.45) is 32.9. The minimum absolute atomic E-state index is 0.0931. The minimum Gasteiger partial charge on any atom is -0.480 e. The summed E-state index contributed by atoms with van der Waals surface area (Å²) in [7, 11) is 0. The molecule has 1 unspecified atom stereocenters. The molecular weight excluding hydrogens is 446 g/mol. The molecule has 4 nitrogen and oxygen atoms in total. The third kappa shape index (κ3) is 26.0. The zero-order chi connectivity index (χ0) is 26.5. The van der Waals surface area contributed by atoms with Crippen LogP contribution in [0.25, 0.3) is 0 Å². The van der Waals surface area contributed by atoms with Gasteiger partial charge < -0.3 is 10.4 Å². The van der Waals surface area contributed by atoms with Gasteiger partial charge in [-0.2, -0.15) is 0 Å². The van der Waals surface area contributed by atoms with E-state index in [2.05, 4.69) is 19.2 Å². The molecule has 0 aliphatic rings. The molecule has 0 spiro atoms. The second-order valence-corrected chi connectivity index (χ2v) is 11.1. The van der Waals surface area contributed by atoms with Crippen molar-refractivity contribution >= 4 is 11.9 Å². The van der Waals surface area contributed by atoms with E-state index >= 15 is 0 Å². The number of amides is 1. The number of unbranched alkanes of at least 4 members (excludes halogenated alkanes) is 23. The number of carboxylic acids is 1. The Morgan fingerprint density at radius 1 is 0.500 bits per heavy atom. The monoisotopic (exact) mass is 509 g/mol. The van der Waals surface area contributed by atoms with Crippen molar-refractivity contribution in [2.24, 2.45) is 0 Å². The molecule has 0 aromatic carbocycles.